The number of azo groups is 1. The summed E-state index contributed by atoms with van der Waals surface area (Å²) < 4.78 is 11.1. The highest BCUT2D eigenvalue weighted by atomic mass is 16.5. The summed E-state index contributed by atoms with van der Waals surface area (Å²) in [6.45, 7) is 2.92. The molecule has 0 radical (unpaired) electrons. The molecule has 162 valence electrons. The van der Waals surface area contributed by atoms with Crippen molar-refractivity contribution in [1.82, 2.24) is 0 Å². The third-order valence-corrected chi connectivity index (χ3v) is 4.68. The van der Waals surface area contributed by atoms with Crippen LogP contribution in [-0.4, -0.2) is 12.6 Å². The molecule has 3 rings (SSSR count). The van der Waals surface area contributed by atoms with Gasteiger partial charge >= 0.3 is 5.97 Å². The Labute approximate surface area is 188 Å². The molecule has 0 unspecified atom stereocenters. The molecule has 32 heavy (non-hydrogen) atoms. The minimum atomic E-state index is -0.489. The monoisotopic (exact) mass is 427 g/mol. The molecule has 6 nitrogen and oxygen atoms in total. The predicted octanol–water partition coefficient (Wildman–Crippen LogP) is 7.15. The molecule has 0 fully saturated rings. The van der Waals surface area contributed by atoms with Gasteiger partial charge in [0, 0.05) is 0 Å². The van der Waals surface area contributed by atoms with Crippen LogP contribution in [0, 0.1) is 11.3 Å². The maximum atomic E-state index is 12.2. The Morgan fingerprint density at radius 1 is 0.812 bits per heavy atom. The van der Waals surface area contributed by atoms with E-state index in [2.05, 4.69) is 17.2 Å². The van der Waals surface area contributed by atoms with Crippen molar-refractivity contribution in [2.45, 2.75) is 32.6 Å². The lowest BCUT2D eigenvalue weighted by Crippen LogP contribution is -2.08. The number of benzene rings is 3. The first-order valence-corrected chi connectivity index (χ1v) is 10.6. The molecule has 0 aromatic heterocycles. The summed E-state index contributed by atoms with van der Waals surface area (Å²) in [5, 5.41) is 17.3. The Bertz CT molecular complexity index is 1070. The van der Waals surface area contributed by atoms with Gasteiger partial charge in [-0.05, 0) is 79.2 Å². The number of nitrogens with zero attached hydrogens (tertiary/aromatic N) is 3. The SMILES string of the molecule is CCCCCCOc1ccc(N=Nc2ccc(OC(=O)c3ccc(C#N)cc3)cc2)cc1. The fraction of sp³-hybridized carbons (Fsp3) is 0.231. The van der Waals surface area contributed by atoms with Gasteiger partial charge in [0.2, 0.25) is 0 Å². The number of unbranched alkanes of at least 4 members (excludes halogenated alkanes) is 3. The molecule has 6 heteroatoms. The van der Waals surface area contributed by atoms with E-state index in [1.54, 1.807) is 48.5 Å². The zero-order valence-electron chi connectivity index (χ0n) is 18.0. The lowest BCUT2D eigenvalue weighted by atomic mass is 10.1. The fourth-order valence-electron chi connectivity index (χ4n) is 2.87. The van der Waals surface area contributed by atoms with Gasteiger partial charge in [0.25, 0.3) is 0 Å². The topological polar surface area (TPSA) is 84.0 Å². The highest BCUT2D eigenvalue weighted by molar-refractivity contribution is 5.91. The standard InChI is InChI=1S/C26H25N3O3/c1-2-3-4-5-18-31-24-14-10-22(11-15-24)28-29-23-12-16-25(17-13-23)32-26(30)21-8-6-20(19-27)7-9-21/h6-17H,2-5,18H2,1H3. The van der Waals surface area contributed by atoms with Crippen LogP contribution >= 0.6 is 0 Å². The quantitative estimate of drug-likeness (QED) is 0.149. The molecule has 0 amide bonds. The third-order valence-electron chi connectivity index (χ3n) is 4.68. The van der Waals surface area contributed by atoms with Gasteiger partial charge in [-0.2, -0.15) is 15.5 Å². The summed E-state index contributed by atoms with van der Waals surface area (Å²) in [5.74, 6) is 0.740. The smallest absolute Gasteiger partial charge is 0.343 e. The molecular weight excluding hydrogens is 402 g/mol. The average molecular weight is 428 g/mol. The minimum Gasteiger partial charge on any atom is -0.494 e. The lowest BCUT2D eigenvalue weighted by molar-refractivity contribution is 0.0735. The van der Waals surface area contributed by atoms with E-state index in [4.69, 9.17) is 14.7 Å². The first kappa shape index (κ1) is 22.7. The predicted molar refractivity (Wildman–Crippen MR) is 123 cm³/mol. The number of nitriles is 1. The van der Waals surface area contributed by atoms with Crippen LogP contribution in [0.3, 0.4) is 0 Å². The van der Waals surface area contributed by atoms with E-state index in [0.29, 0.717) is 22.6 Å². The molecule has 0 aliphatic rings. The normalized spacial score (nSPS) is 10.6. The lowest BCUT2D eigenvalue weighted by Gasteiger charge is -2.05. The molecule has 0 saturated carbocycles. The molecule has 0 saturated heterocycles. The second kappa shape index (κ2) is 12.0. The number of rotatable bonds is 10. The zero-order chi connectivity index (χ0) is 22.6. The number of ether oxygens (including phenoxy) is 2. The van der Waals surface area contributed by atoms with E-state index in [9.17, 15) is 4.79 Å². The summed E-state index contributed by atoms with van der Waals surface area (Å²) in [4.78, 5) is 12.2. The van der Waals surface area contributed by atoms with Crippen LogP contribution in [0.25, 0.3) is 0 Å². The average Bonchev–Trinajstić information content (AvgIpc) is 2.84. The van der Waals surface area contributed by atoms with Gasteiger partial charge in [-0.1, -0.05) is 26.2 Å². The summed E-state index contributed by atoms with van der Waals surface area (Å²) in [6.07, 6.45) is 4.71. The van der Waals surface area contributed by atoms with Crippen LogP contribution in [0.15, 0.2) is 83.0 Å². The summed E-state index contributed by atoms with van der Waals surface area (Å²) in [6, 6.07) is 22.5. The molecule has 0 heterocycles. The number of esters is 1. The zero-order valence-corrected chi connectivity index (χ0v) is 18.0. The Hall–Kier alpha value is -3.98. The van der Waals surface area contributed by atoms with Crippen LogP contribution in [-0.2, 0) is 0 Å². The first-order chi connectivity index (χ1) is 15.7. The Kier molecular flexibility index (Phi) is 8.52. The summed E-state index contributed by atoms with van der Waals surface area (Å²) >= 11 is 0. The second-order valence-corrected chi connectivity index (χ2v) is 7.18. The molecule has 0 N–H and O–H groups in total. The van der Waals surface area contributed by atoms with E-state index >= 15 is 0 Å². The summed E-state index contributed by atoms with van der Waals surface area (Å²) in [7, 11) is 0. The fourth-order valence-corrected chi connectivity index (χ4v) is 2.87. The van der Waals surface area contributed by atoms with E-state index in [0.717, 1.165) is 24.5 Å². The number of carbonyl (C=O) groups excluding carboxylic acids is 1. The number of hydrogen-bond acceptors (Lipinski definition) is 6. The van der Waals surface area contributed by atoms with Crippen molar-refractivity contribution in [3.05, 3.63) is 83.9 Å². The van der Waals surface area contributed by atoms with Crippen LogP contribution in [0.5, 0.6) is 11.5 Å². The van der Waals surface area contributed by atoms with Gasteiger partial charge in [0.15, 0.2) is 0 Å². The van der Waals surface area contributed by atoms with Crippen molar-refractivity contribution in [3.8, 4) is 17.6 Å². The molecule has 0 spiro atoms. The molecule has 0 aliphatic heterocycles. The van der Waals surface area contributed by atoms with Crippen molar-refractivity contribution in [1.29, 1.82) is 5.26 Å². The molecule has 3 aromatic rings. The van der Waals surface area contributed by atoms with Crippen molar-refractivity contribution in [3.63, 3.8) is 0 Å². The van der Waals surface area contributed by atoms with E-state index < -0.39 is 5.97 Å². The van der Waals surface area contributed by atoms with Gasteiger partial charge in [0.05, 0.1) is 35.2 Å². The van der Waals surface area contributed by atoms with E-state index in [1.165, 1.54) is 19.3 Å². The minimum absolute atomic E-state index is 0.376. The molecular formula is C26H25N3O3. The van der Waals surface area contributed by atoms with Crippen molar-refractivity contribution in [2.24, 2.45) is 10.2 Å². The maximum absolute atomic E-state index is 12.2. The molecule has 0 bridgehead atoms. The highest BCUT2D eigenvalue weighted by Crippen LogP contribution is 2.23. The molecule has 0 aliphatic carbocycles. The van der Waals surface area contributed by atoms with Crippen LogP contribution in [0.1, 0.15) is 48.5 Å². The Morgan fingerprint density at radius 2 is 1.41 bits per heavy atom. The van der Waals surface area contributed by atoms with Crippen LogP contribution in [0.4, 0.5) is 11.4 Å². The Balaban J connectivity index is 1.50. The van der Waals surface area contributed by atoms with Gasteiger partial charge in [0.1, 0.15) is 11.5 Å². The number of carbonyl (C=O) groups is 1. The van der Waals surface area contributed by atoms with Gasteiger partial charge in [-0.3, -0.25) is 0 Å². The number of hydrogen-bond donors (Lipinski definition) is 0. The van der Waals surface area contributed by atoms with Crippen molar-refractivity contribution < 1.29 is 14.3 Å². The largest absolute Gasteiger partial charge is 0.494 e. The van der Waals surface area contributed by atoms with E-state index in [1.807, 2.05) is 30.3 Å². The van der Waals surface area contributed by atoms with Crippen LogP contribution in [0.2, 0.25) is 0 Å². The Morgan fingerprint density at radius 3 is 1.97 bits per heavy atom. The second-order valence-electron chi connectivity index (χ2n) is 7.18. The summed E-state index contributed by atoms with van der Waals surface area (Å²) in [5.41, 5.74) is 2.22. The van der Waals surface area contributed by atoms with Crippen molar-refractivity contribution >= 4 is 17.3 Å². The molecule has 3 aromatic carbocycles. The van der Waals surface area contributed by atoms with Gasteiger partial charge < -0.3 is 9.47 Å². The van der Waals surface area contributed by atoms with Crippen molar-refractivity contribution in [2.75, 3.05) is 6.61 Å². The molecule has 0 atom stereocenters. The maximum Gasteiger partial charge on any atom is 0.343 e. The highest BCUT2D eigenvalue weighted by Gasteiger charge is 2.08. The third kappa shape index (κ3) is 7.06. The van der Waals surface area contributed by atoms with Gasteiger partial charge in [-0.15, -0.1) is 0 Å². The van der Waals surface area contributed by atoms with E-state index in [-0.39, 0.29) is 0 Å². The van der Waals surface area contributed by atoms with Gasteiger partial charge in [-0.25, -0.2) is 4.79 Å². The first-order valence-electron chi connectivity index (χ1n) is 10.6. The van der Waals surface area contributed by atoms with Crippen LogP contribution < -0.4 is 9.47 Å².